The number of nitrogens with zero attached hydrogens (tertiary/aromatic N) is 3. The molecule has 1 heterocycles. The lowest BCUT2D eigenvalue weighted by atomic mass is 10.2. The third kappa shape index (κ3) is 3.20. The molecule has 8 heteroatoms. The van der Waals surface area contributed by atoms with Gasteiger partial charge in [-0.05, 0) is 25.0 Å². The van der Waals surface area contributed by atoms with Crippen molar-refractivity contribution < 1.29 is 18.0 Å². The molecular formula is C15H15F3N4O. The minimum absolute atomic E-state index is 0.0922. The zero-order valence-electron chi connectivity index (χ0n) is 12.2. The Bertz CT molecular complexity index is 690. The van der Waals surface area contributed by atoms with Crippen molar-refractivity contribution in [1.29, 1.82) is 0 Å². The molecule has 0 aliphatic heterocycles. The summed E-state index contributed by atoms with van der Waals surface area (Å²) in [6.45, 7) is 0. The Morgan fingerprint density at radius 2 is 1.83 bits per heavy atom. The zero-order chi connectivity index (χ0) is 16.4. The minimum atomic E-state index is -4.73. The first-order valence-electron chi connectivity index (χ1n) is 7.36. The Balaban J connectivity index is 1.97. The molecule has 0 bridgehead atoms. The van der Waals surface area contributed by atoms with E-state index >= 15 is 0 Å². The second-order valence-corrected chi connectivity index (χ2v) is 5.49. The molecule has 5 nitrogen and oxygen atoms in total. The number of carbonyl (C=O) groups excluding carboxylic acids is 1. The minimum Gasteiger partial charge on any atom is -0.348 e. The van der Waals surface area contributed by atoms with E-state index < -0.39 is 23.5 Å². The normalized spacial score (nSPS) is 15.8. The summed E-state index contributed by atoms with van der Waals surface area (Å²) in [7, 11) is 0. The molecule has 2 aromatic rings. The van der Waals surface area contributed by atoms with Crippen LogP contribution in [0.4, 0.5) is 13.2 Å². The molecule has 3 rings (SSSR count). The van der Waals surface area contributed by atoms with E-state index in [2.05, 4.69) is 15.6 Å². The molecule has 1 N–H and O–H groups in total. The van der Waals surface area contributed by atoms with Crippen LogP contribution in [0.5, 0.6) is 0 Å². The van der Waals surface area contributed by atoms with E-state index in [9.17, 15) is 18.0 Å². The Hall–Kier alpha value is -2.38. The topological polar surface area (TPSA) is 59.8 Å². The molecule has 0 unspecified atom stereocenters. The van der Waals surface area contributed by atoms with Gasteiger partial charge in [0.25, 0.3) is 5.91 Å². The van der Waals surface area contributed by atoms with Crippen molar-refractivity contribution in [3.05, 3.63) is 41.7 Å². The van der Waals surface area contributed by atoms with E-state index in [1.54, 1.807) is 18.2 Å². The average molecular weight is 324 g/mol. The molecule has 122 valence electrons. The van der Waals surface area contributed by atoms with Gasteiger partial charge in [-0.15, -0.1) is 5.10 Å². The number of hydrogen-bond donors (Lipinski definition) is 1. The number of hydrogen-bond acceptors (Lipinski definition) is 3. The molecule has 0 radical (unpaired) electrons. The van der Waals surface area contributed by atoms with Crippen LogP contribution in [0.3, 0.4) is 0 Å². The number of aromatic nitrogens is 3. The second-order valence-electron chi connectivity index (χ2n) is 5.49. The molecule has 0 saturated heterocycles. The number of alkyl halides is 3. The molecule has 1 amide bonds. The van der Waals surface area contributed by atoms with Gasteiger partial charge >= 0.3 is 6.18 Å². The summed E-state index contributed by atoms with van der Waals surface area (Å²) < 4.78 is 40.9. The first-order chi connectivity index (χ1) is 11.0. The molecular weight excluding hydrogens is 309 g/mol. The van der Waals surface area contributed by atoms with Crippen molar-refractivity contribution in [2.75, 3.05) is 0 Å². The summed E-state index contributed by atoms with van der Waals surface area (Å²) in [4.78, 5) is 12.2. The van der Waals surface area contributed by atoms with Gasteiger partial charge in [0.2, 0.25) is 0 Å². The van der Waals surface area contributed by atoms with Gasteiger partial charge in [-0.1, -0.05) is 36.3 Å². The highest BCUT2D eigenvalue weighted by atomic mass is 19.4. The van der Waals surface area contributed by atoms with Gasteiger partial charge in [0.15, 0.2) is 11.4 Å². The van der Waals surface area contributed by atoms with E-state index in [0.717, 1.165) is 25.7 Å². The third-order valence-corrected chi connectivity index (χ3v) is 3.85. The van der Waals surface area contributed by atoms with Crippen LogP contribution in [0.25, 0.3) is 5.69 Å². The van der Waals surface area contributed by atoms with Crippen molar-refractivity contribution in [2.45, 2.75) is 37.9 Å². The molecule has 1 saturated carbocycles. The molecule has 0 atom stereocenters. The van der Waals surface area contributed by atoms with Crippen LogP contribution in [0.1, 0.15) is 41.9 Å². The maximum Gasteiger partial charge on any atom is 0.435 e. The predicted molar refractivity (Wildman–Crippen MR) is 76.1 cm³/mol. The number of benzene rings is 1. The third-order valence-electron chi connectivity index (χ3n) is 3.85. The molecule has 1 aromatic carbocycles. The number of amides is 1. The standard InChI is InChI=1S/C15H15F3N4O/c16-15(17,18)13-12(14(23)19-10-6-4-5-7-10)20-21-22(13)11-8-2-1-3-9-11/h1-3,8-10H,4-7H2,(H,19,23). The van der Waals surface area contributed by atoms with Crippen LogP contribution in [-0.2, 0) is 6.18 Å². The quantitative estimate of drug-likeness (QED) is 0.944. The van der Waals surface area contributed by atoms with E-state index in [0.29, 0.717) is 4.68 Å². The fraction of sp³-hybridized carbons (Fsp3) is 0.400. The van der Waals surface area contributed by atoms with Gasteiger partial charge in [-0.2, -0.15) is 13.2 Å². The molecule has 1 aliphatic rings. The summed E-state index contributed by atoms with van der Waals surface area (Å²) in [5.41, 5.74) is -1.64. The number of halogens is 3. The lowest BCUT2D eigenvalue weighted by Crippen LogP contribution is -2.34. The lowest BCUT2D eigenvalue weighted by Gasteiger charge is -2.13. The largest absolute Gasteiger partial charge is 0.435 e. The van der Waals surface area contributed by atoms with E-state index in [-0.39, 0.29) is 11.7 Å². The fourth-order valence-corrected chi connectivity index (χ4v) is 2.76. The van der Waals surface area contributed by atoms with Gasteiger partial charge in [0.1, 0.15) is 0 Å². The number of rotatable bonds is 3. The zero-order valence-corrected chi connectivity index (χ0v) is 12.2. The van der Waals surface area contributed by atoms with Crippen molar-refractivity contribution in [1.82, 2.24) is 20.3 Å². The van der Waals surface area contributed by atoms with Crippen molar-refractivity contribution in [3.63, 3.8) is 0 Å². The van der Waals surface area contributed by atoms with Crippen molar-refractivity contribution >= 4 is 5.91 Å². The van der Waals surface area contributed by atoms with Crippen molar-refractivity contribution in [2.24, 2.45) is 0 Å². The van der Waals surface area contributed by atoms with Gasteiger partial charge in [0.05, 0.1) is 5.69 Å². The van der Waals surface area contributed by atoms with E-state index in [1.165, 1.54) is 12.1 Å². The summed E-state index contributed by atoms with van der Waals surface area (Å²) in [5.74, 6) is -0.827. The summed E-state index contributed by atoms with van der Waals surface area (Å²) in [6, 6.07) is 7.72. The highest BCUT2D eigenvalue weighted by molar-refractivity contribution is 5.93. The predicted octanol–water partition coefficient (Wildman–Crippen LogP) is 2.96. The van der Waals surface area contributed by atoms with Gasteiger partial charge in [-0.25, -0.2) is 4.68 Å². The van der Waals surface area contributed by atoms with Crippen molar-refractivity contribution in [3.8, 4) is 5.69 Å². The number of carbonyl (C=O) groups is 1. The molecule has 0 spiro atoms. The summed E-state index contributed by atoms with van der Waals surface area (Å²) in [5, 5.41) is 9.63. The SMILES string of the molecule is O=C(NC1CCCC1)c1nnn(-c2ccccc2)c1C(F)(F)F. The summed E-state index contributed by atoms with van der Waals surface area (Å²) >= 11 is 0. The van der Waals surface area contributed by atoms with E-state index in [1.807, 2.05) is 0 Å². The number of nitrogens with one attached hydrogen (secondary N) is 1. The molecule has 23 heavy (non-hydrogen) atoms. The molecule has 1 fully saturated rings. The Morgan fingerprint density at radius 3 is 2.43 bits per heavy atom. The number of para-hydroxylation sites is 1. The summed E-state index contributed by atoms with van der Waals surface area (Å²) in [6.07, 6.45) is -1.25. The van der Waals surface area contributed by atoms with Crippen LogP contribution in [0.2, 0.25) is 0 Å². The van der Waals surface area contributed by atoms with Gasteiger partial charge < -0.3 is 5.32 Å². The highest BCUT2D eigenvalue weighted by Gasteiger charge is 2.42. The second kappa shape index (κ2) is 6.02. The van der Waals surface area contributed by atoms with Crippen LogP contribution in [0.15, 0.2) is 30.3 Å². The van der Waals surface area contributed by atoms with Crippen LogP contribution < -0.4 is 5.32 Å². The monoisotopic (exact) mass is 324 g/mol. The molecule has 1 aromatic heterocycles. The van der Waals surface area contributed by atoms with Crippen LogP contribution in [0, 0.1) is 0 Å². The van der Waals surface area contributed by atoms with Crippen LogP contribution >= 0.6 is 0 Å². The van der Waals surface area contributed by atoms with Crippen LogP contribution in [-0.4, -0.2) is 26.9 Å². The highest BCUT2D eigenvalue weighted by Crippen LogP contribution is 2.32. The molecule has 1 aliphatic carbocycles. The average Bonchev–Trinajstić information content (AvgIpc) is 3.16. The first-order valence-corrected chi connectivity index (χ1v) is 7.36. The van der Waals surface area contributed by atoms with E-state index in [4.69, 9.17) is 0 Å². The Labute approximate surface area is 130 Å². The smallest absolute Gasteiger partial charge is 0.348 e. The Kier molecular flexibility index (Phi) is 4.06. The van der Waals surface area contributed by atoms with Gasteiger partial charge in [0, 0.05) is 6.04 Å². The van der Waals surface area contributed by atoms with Gasteiger partial charge in [-0.3, -0.25) is 4.79 Å². The maximum absolute atomic E-state index is 13.4. The lowest BCUT2D eigenvalue weighted by molar-refractivity contribution is -0.143. The maximum atomic E-state index is 13.4. The fourth-order valence-electron chi connectivity index (χ4n) is 2.76. The Morgan fingerprint density at radius 1 is 1.17 bits per heavy atom. The first kappa shape index (κ1) is 15.5.